The summed E-state index contributed by atoms with van der Waals surface area (Å²) >= 11 is 0. The first-order valence-corrected chi connectivity index (χ1v) is 4.43. The lowest BCUT2D eigenvalue weighted by atomic mass is 10.0. The third-order valence-electron chi connectivity index (χ3n) is 1.97. The van der Waals surface area contributed by atoms with E-state index in [1.165, 1.54) is 0 Å². The van der Waals surface area contributed by atoms with Gasteiger partial charge >= 0.3 is 5.97 Å². The van der Waals surface area contributed by atoms with Gasteiger partial charge in [-0.3, -0.25) is 0 Å². The van der Waals surface area contributed by atoms with Crippen LogP contribution in [0.1, 0.15) is 27.2 Å². The van der Waals surface area contributed by atoms with Crippen LogP contribution in [0, 0.1) is 5.92 Å². The van der Waals surface area contributed by atoms with Crippen LogP contribution < -0.4 is 0 Å². The van der Waals surface area contributed by atoms with Crippen LogP contribution in [0.4, 0.5) is 0 Å². The van der Waals surface area contributed by atoms with Crippen molar-refractivity contribution in [2.75, 3.05) is 6.61 Å². The van der Waals surface area contributed by atoms with E-state index in [0.29, 0.717) is 12.5 Å². The molecule has 0 N–H and O–H groups in total. The largest absolute Gasteiger partial charge is 0.461 e. The topological polar surface area (TPSA) is 35.5 Å². The maximum Gasteiger partial charge on any atom is 0.335 e. The summed E-state index contributed by atoms with van der Waals surface area (Å²) in [6, 6.07) is 0. The summed E-state index contributed by atoms with van der Waals surface area (Å²) in [6.45, 7) is 6.38. The number of ether oxygens (including phenoxy) is 2. The zero-order valence-electron chi connectivity index (χ0n) is 7.87. The molecule has 0 saturated carbocycles. The third kappa shape index (κ3) is 2.21. The smallest absolute Gasteiger partial charge is 0.335 e. The van der Waals surface area contributed by atoms with Crippen LogP contribution in [0.3, 0.4) is 0 Å². The minimum absolute atomic E-state index is 0.0473. The Morgan fingerprint density at radius 1 is 1.58 bits per heavy atom. The average molecular weight is 172 g/mol. The lowest BCUT2D eigenvalue weighted by Gasteiger charge is -2.15. The number of hydrogen-bond acceptors (Lipinski definition) is 3. The molecule has 0 radical (unpaired) electrons. The monoisotopic (exact) mass is 172 g/mol. The molecule has 70 valence electrons. The van der Waals surface area contributed by atoms with Gasteiger partial charge in [-0.1, -0.05) is 6.92 Å². The average Bonchev–Trinajstić information content (AvgIpc) is 2.33. The highest BCUT2D eigenvalue weighted by molar-refractivity contribution is 5.75. The molecule has 0 unspecified atom stereocenters. The molecule has 12 heavy (non-hydrogen) atoms. The molecular weight excluding hydrogens is 156 g/mol. The first-order valence-electron chi connectivity index (χ1n) is 4.43. The normalized spacial score (nSPS) is 29.3. The Hall–Kier alpha value is -0.570. The summed E-state index contributed by atoms with van der Waals surface area (Å²) in [7, 11) is 0. The highest BCUT2D eigenvalue weighted by atomic mass is 16.6. The molecular formula is C9H16O3. The maximum atomic E-state index is 11.3. The van der Waals surface area contributed by atoms with Crippen LogP contribution >= 0.6 is 0 Å². The van der Waals surface area contributed by atoms with Crippen molar-refractivity contribution in [1.29, 1.82) is 0 Å². The number of esters is 1. The molecule has 0 amide bonds. The van der Waals surface area contributed by atoms with Crippen LogP contribution in [0.5, 0.6) is 0 Å². The second-order valence-corrected chi connectivity index (χ2v) is 3.54. The number of carbonyl (C=O) groups excluding carboxylic acids is 1. The number of rotatable bonds is 2. The van der Waals surface area contributed by atoms with Crippen molar-refractivity contribution in [3.8, 4) is 0 Å². The molecule has 0 bridgehead atoms. The van der Waals surface area contributed by atoms with Crippen molar-refractivity contribution in [1.82, 2.24) is 0 Å². The van der Waals surface area contributed by atoms with Gasteiger partial charge in [-0.15, -0.1) is 0 Å². The summed E-state index contributed by atoms with van der Waals surface area (Å²) in [4.78, 5) is 11.3. The van der Waals surface area contributed by atoms with Crippen molar-refractivity contribution in [3.63, 3.8) is 0 Å². The van der Waals surface area contributed by atoms with E-state index in [2.05, 4.69) is 0 Å². The fourth-order valence-electron chi connectivity index (χ4n) is 1.30. The highest BCUT2D eigenvalue weighted by Crippen LogP contribution is 2.21. The van der Waals surface area contributed by atoms with Crippen molar-refractivity contribution in [3.05, 3.63) is 0 Å². The maximum absolute atomic E-state index is 11.3. The molecule has 0 aliphatic carbocycles. The van der Waals surface area contributed by atoms with E-state index in [4.69, 9.17) is 9.47 Å². The number of carbonyl (C=O) groups is 1. The Balaban J connectivity index is 2.41. The standard InChI is InChI=1S/C9H16O3/c1-6(2)12-9(10)8-7(3)4-5-11-8/h6-8H,4-5H2,1-3H3/t7-,8+/m1/s1. The summed E-state index contributed by atoms with van der Waals surface area (Å²) in [6.07, 6.45) is 0.582. The second kappa shape index (κ2) is 3.90. The van der Waals surface area contributed by atoms with Gasteiger partial charge in [-0.25, -0.2) is 4.79 Å². The minimum Gasteiger partial charge on any atom is -0.461 e. The fraction of sp³-hybridized carbons (Fsp3) is 0.889. The molecule has 2 atom stereocenters. The molecule has 0 aromatic heterocycles. The quantitative estimate of drug-likeness (QED) is 0.590. The van der Waals surface area contributed by atoms with Crippen LogP contribution in [-0.2, 0) is 14.3 Å². The van der Waals surface area contributed by atoms with Crippen molar-refractivity contribution in [2.24, 2.45) is 5.92 Å². The van der Waals surface area contributed by atoms with Crippen molar-refractivity contribution >= 4 is 5.97 Å². The zero-order valence-corrected chi connectivity index (χ0v) is 7.87. The van der Waals surface area contributed by atoms with Gasteiger partial charge in [-0.05, 0) is 26.2 Å². The molecule has 0 aromatic rings. The van der Waals surface area contributed by atoms with Gasteiger partial charge in [0, 0.05) is 6.61 Å². The van der Waals surface area contributed by atoms with E-state index >= 15 is 0 Å². The molecule has 0 spiro atoms. The van der Waals surface area contributed by atoms with E-state index in [0.717, 1.165) is 6.42 Å². The van der Waals surface area contributed by atoms with Crippen LogP contribution in [0.25, 0.3) is 0 Å². The lowest BCUT2D eigenvalue weighted by Crippen LogP contribution is -2.29. The molecule has 3 heteroatoms. The molecule has 1 fully saturated rings. The molecule has 1 aliphatic rings. The molecule has 1 aliphatic heterocycles. The van der Waals surface area contributed by atoms with Crippen LogP contribution in [-0.4, -0.2) is 24.8 Å². The first-order chi connectivity index (χ1) is 5.61. The SMILES string of the molecule is CC(C)OC(=O)[C@H]1OCC[C@H]1C. The van der Waals surface area contributed by atoms with E-state index < -0.39 is 0 Å². The number of hydrogen-bond donors (Lipinski definition) is 0. The fourth-order valence-corrected chi connectivity index (χ4v) is 1.30. The van der Waals surface area contributed by atoms with Gasteiger partial charge in [0.1, 0.15) is 0 Å². The van der Waals surface area contributed by atoms with Gasteiger partial charge in [0.25, 0.3) is 0 Å². The second-order valence-electron chi connectivity index (χ2n) is 3.54. The van der Waals surface area contributed by atoms with E-state index in [9.17, 15) is 4.79 Å². The lowest BCUT2D eigenvalue weighted by molar-refractivity contribution is -0.159. The van der Waals surface area contributed by atoms with Gasteiger partial charge in [0.2, 0.25) is 0 Å². The Morgan fingerprint density at radius 3 is 2.67 bits per heavy atom. The zero-order chi connectivity index (χ0) is 9.14. The molecule has 1 rings (SSSR count). The van der Waals surface area contributed by atoms with Gasteiger partial charge < -0.3 is 9.47 Å². The summed E-state index contributed by atoms with van der Waals surface area (Å²) in [5.74, 6) is 0.0891. The van der Waals surface area contributed by atoms with Crippen LogP contribution in [0.2, 0.25) is 0 Å². The van der Waals surface area contributed by atoms with Crippen molar-refractivity contribution < 1.29 is 14.3 Å². The predicted molar refractivity (Wildman–Crippen MR) is 44.7 cm³/mol. The van der Waals surface area contributed by atoms with Gasteiger partial charge in [0.15, 0.2) is 6.10 Å². The minimum atomic E-state index is -0.326. The van der Waals surface area contributed by atoms with Gasteiger partial charge in [0.05, 0.1) is 6.10 Å². The predicted octanol–water partition coefficient (Wildman–Crippen LogP) is 1.36. The molecule has 3 nitrogen and oxygen atoms in total. The van der Waals surface area contributed by atoms with Crippen molar-refractivity contribution in [2.45, 2.75) is 39.4 Å². The summed E-state index contributed by atoms with van der Waals surface area (Å²) in [5, 5.41) is 0. The van der Waals surface area contributed by atoms with Gasteiger partial charge in [-0.2, -0.15) is 0 Å². The highest BCUT2D eigenvalue weighted by Gasteiger charge is 2.32. The Bertz CT molecular complexity index is 165. The molecule has 1 heterocycles. The third-order valence-corrected chi connectivity index (χ3v) is 1.97. The molecule has 0 aromatic carbocycles. The Labute approximate surface area is 73.0 Å². The molecule has 1 saturated heterocycles. The van der Waals surface area contributed by atoms with E-state index in [1.807, 2.05) is 20.8 Å². The summed E-state index contributed by atoms with van der Waals surface area (Å²) < 4.78 is 10.3. The Kier molecular flexibility index (Phi) is 3.09. The Morgan fingerprint density at radius 2 is 2.25 bits per heavy atom. The first kappa shape index (κ1) is 9.52. The van der Waals surface area contributed by atoms with E-state index in [-0.39, 0.29) is 18.2 Å². The summed E-state index contributed by atoms with van der Waals surface area (Å²) in [5.41, 5.74) is 0. The van der Waals surface area contributed by atoms with Crippen LogP contribution in [0.15, 0.2) is 0 Å². The van der Waals surface area contributed by atoms with E-state index in [1.54, 1.807) is 0 Å².